The van der Waals surface area contributed by atoms with Crippen molar-refractivity contribution in [3.05, 3.63) is 54.1 Å². The maximum atomic E-state index is 12.4. The SMILES string of the molecule is CC(C)N1CCC(C(=O)NCc2ccc(Cn3ccnc3)cc2)CC1. The van der Waals surface area contributed by atoms with E-state index in [0.29, 0.717) is 12.6 Å². The maximum Gasteiger partial charge on any atom is 0.223 e. The summed E-state index contributed by atoms with van der Waals surface area (Å²) in [6, 6.07) is 8.98. The summed E-state index contributed by atoms with van der Waals surface area (Å²) >= 11 is 0. The highest BCUT2D eigenvalue weighted by molar-refractivity contribution is 5.78. The van der Waals surface area contributed by atoms with Crippen molar-refractivity contribution in [2.24, 2.45) is 5.92 Å². The van der Waals surface area contributed by atoms with Crippen LogP contribution in [-0.2, 0) is 17.9 Å². The molecule has 0 bridgehead atoms. The van der Waals surface area contributed by atoms with Crippen LogP contribution in [0.1, 0.15) is 37.8 Å². The second-order valence-corrected chi connectivity index (χ2v) is 7.17. The van der Waals surface area contributed by atoms with Gasteiger partial charge in [-0.2, -0.15) is 0 Å². The van der Waals surface area contributed by atoms with Gasteiger partial charge in [-0.3, -0.25) is 4.79 Å². The van der Waals surface area contributed by atoms with Crippen LogP contribution in [0.4, 0.5) is 0 Å². The number of benzene rings is 1. The molecule has 0 aliphatic carbocycles. The number of aromatic nitrogens is 2. The molecule has 2 aromatic rings. The van der Waals surface area contributed by atoms with Gasteiger partial charge < -0.3 is 14.8 Å². The predicted octanol–water partition coefficient (Wildman–Crippen LogP) is 2.67. The fourth-order valence-electron chi connectivity index (χ4n) is 3.37. The molecule has 25 heavy (non-hydrogen) atoms. The van der Waals surface area contributed by atoms with Gasteiger partial charge in [0, 0.05) is 37.4 Å². The molecule has 3 rings (SSSR count). The first kappa shape index (κ1) is 17.7. The van der Waals surface area contributed by atoms with Gasteiger partial charge in [0.25, 0.3) is 0 Å². The first-order valence-corrected chi connectivity index (χ1v) is 9.17. The lowest BCUT2D eigenvalue weighted by Crippen LogP contribution is -2.42. The van der Waals surface area contributed by atoms with Crippen molar-refractivity contribution >= 4 is 5.91 Å². The Labute approximate surface area is 150 Å². The largest absolute Gasteiger partial charge is 0.352 e. The lowest BCUT2D eigenvalue weighted by Gasteiger charge is -2.33. The predicted molar refractivity (Wildman–Crippen MR) is 99.1 cm³/mol. The Kier molecular flexibility index (Phi) is 5.87. The number of likely N-dealkylation sites (tertiary alicyclic amines) is 1. The van der Waals surface area contributed by atoms with Crippen LogP contribution in [-0.4, -0.2) is 39.5 Å². The van der Waals surface area contributed by atoms with Crippen LogP contribution in [0.3, 0.4) is 0 Å². The van der Waals surface area contributed by atoms with Gasteiger partial charge in [-0.15, -0.1) is 0 Å². The minimum Gasteiger partial charge on any atom is -0.352 e. The van der Waals surface area contributed by atoms with Crippen LogP contribution in [0.25, 0.3) is 0 Å². The number of rotatable bonds is 6. The molecule has 0 atom stereocenters. The Morgan fingerprint density at radius 3 is 2.48 bits per heavy atom. The normalized spacial score (nSPS) is 16.3. The van der Waals surface area contributed by atoms with Gasteiger partial charge in [0.15, 0.2) is 0 Å². The van der Waals surface area contributed by atoms with Crippen LogP contribution in [0.2, 0.25) is 0 Å². The molecular formula is C20H28N4O. The number of amides is 1. The third kappa shape index (κ3) is 4.92. The first-order valence-electron chi connectivity index (χ1n) is 9.17. The van der Waals surface area contributed by atoms with E-state index in [1.54, 1.807) is 6.20 Å². The average Bonchev–Trinajstić information content (AvgIpc) is 3.14. The number of hydrogen-bond donors (Lipinski definition) is 1. The molecule has 0 radical (unpaired) electrons. The molecule has 0 spiro atoms. The Morgan fingerprint density at radius 1 is 1.20 bits per heavy atom. The number of imidazole rings is 1. The smallest absolute Gasteiger partial charge is 0.223 e. The molecule has 0 saturated carbocycles. The fraction of sp³-hybridized carbons (Fsp3) is 0.500. The number of carbonyl (C=O) groups is 1. The second-order valence-electron chi connectivity index (χ2n) is 7.17. The Hall–Kier alpha value is -2.14. The van der Waals surface area contributed by atoms with E-state index in [2.05, 4.69) is 53.3 Å². The van der Waals surface area contributed by atoms with Crippen molar-refractivity contribution in [3.8, 4) is 0 Å². The van der Waals surface area contributed by atoms with Crippen molar-refractivity contribution in [2.45, 2.75) is 45.8 Å². The summed E-state index contributed by atoms with van der Waals surface area (Å²) in [4.78, 5) is 18.9. The summed E-state index contributed by atoms with van der Waals surface area (Å²) in [7, 11) is 0. The summed E-state index contributed by atoms with van der Waals surface area (Å²) in [5, 5.41) is 3.11. The van der Waals surface area contributed by atoms with Gasteiger partial charge in [-0.1, -0.05) is 24.3 Å². The number of hydrogen-bond acceptors (Lipinski definition) is 3. The highest BCUT2D eigenvalue weighted by atomic mass is 16.1. The molecule has 5 nitrogen and oxygen atoms in total. The number of nitrogens with one attached hydrogen (secondary N) is 1. The zero-order valence-corrected chi connectivity index (χ0v) is 15.2. The van der Waals surface area contributed by atoms with Crippen LogP contribution in [0, 0.1) is 5.92 Å². The van der Waals surface area contributed by atoms with E-state index in [9.17, 15) is 4.79 Å². The topological polar surface area (TPSA) is 50.2 Å². The molecule has 1 aromatic carbocycles. The van der Waals surface area contributed by atoms with Gasteiger partial charge >= 0.3 is 0 Å². The third-order valence-corrected chi connectivity index (χ3v) is 5.04. The first-order chi connectivity index (χ1) is 12.1. The molecule has 5 heteroatoms. The highest BCUT2D eigenvalue weighted by Crippen LogP contribution is 2.19. The fourth-order valence-corrected chi connectivity index (χ4v) is 3.37. The summed E-state index contributed by atoms with van der Waals surface area (Å²) in [5.74, 6) is 0.362. The van der Waals surface area contributed by atoms with Gasteiger partial charge in [0.05, 0.1) is 6.33 Å². The Balaban J connectivity index is 1.44. The number of piperidine rings is 1. The summed E-state index contributed by atoms with van der Waals surface area (Å²) in [6.07, 6.45) is 7.49. The van der Waals surface area contributed by atoms with Gasteiger partial charge in [0.2, 0.25) is 5.91 Å². The van der Waals surface area contributed by atoms with Gasteiger partial charge in [-0.25, -0.2) is 4.98 Å². The molecule has 1 aliphatic heterocycles. The van der Waals surface area contributed by atoms with Crippen molar-refractivity contribution in [2.75, 3.05) is 13.1 Å². The highest BCUT2D eigenvalue weighted by Gasteiger charge is 2.25. The van der Waals surface area contributed by atoms with E-state index >= 15 is 0 Å². The molecule has 134 valence electrons. The average molecular weight is 340 g/mol. The minimum atomic E-state index is 0.163. The van der Waals surface area contributed by atoms with Crippen molar-refractivity contribution in [1.82, 2.24) is 19.8 Å². The zero-order valence-electron chi connectivity index (χ0n) is 15.2. The van der Waals surface area contributed by atoms with Gasteiger partial charge in [0.1, 0.15) is 0 Å². The summed E-state index contributed by atoms with van der Waals surface area (Å²) in [6.45, 7) is 7.92. The standard InChI is InChI=1S/C20H28N4O/c1-16(2)24-10-7-19(8-11-24)20(25)22-13-17-3-5-18(6-4-17)14-23-12-9-21-15-23/h3-6,9,12,15-16,19H,7-8,10-11,13-14H2,1-2H3,(H,22,25). The summed E-state index contributed by atoms with van der Waals surface area (Å²) in [5.41, 5.74) is 2.37. The molecule has 2 heterocycles. The molecule has 1 N–H and O–H groups in total. The lowest BCUT2D eigenvalue weighted by atomic mass is 9.95. The third-order valence-electron chi connectivity index (χ3n) is 5.04. The maximum absolute atomic E-state index is 12.4. The Morgan fingerprint density at radius 2 is 1.88 bits per heavy atom. The van der Waals surface area contributed by atoms with Crippen molar-refractivity contribution in [1.29, 1.82) is 0 Å². The zero-order chi connectivity index (χ0) is 17.6. The molecule has 1 fully saturated rings. The van der Waals surface area contributed by atoms with Crippen molar-refractivity contribution in [3.63, 3.8) is 0 Å². The molecule has 1 aliphatic rings. The lowest BCUT2D eigenvalue weighted by molar-refractivity contribution is -0.126. The Bertz CT molecular complexity index is 656. The van der Waals surface area contributed by atoms with E-state index in [1.807, 2.05) is 17.1 Å². The van der Waals surface area contributed by atoms with Crippen molar-refractivity contribution < 1.29 is 4.79 Å². The molecule has 1 aromatic heterocycles. The van der Waals surface area contributed by atoms with Gasteiger partial charge in [-0.05, 0) is 50.9 Å². The monoisotopic (exact) mass is 340 g/mol. The molecule has 0 unspecified atom stereocenters. The van der Waals surface area contributed by atoms with Crippen LogP contribution in [0.15, 0.2) is 43.0 Å². The van der Waals surface area contributed by atoms with E-state index in [4.69, 9.17) is 0 Å². The van der Waals surface area contributed by atoms with E-state index < -0.39 is 0 Å². The van der Waals surface area contributed by atoms with Crippen LogP contribution < -0.4 is 5.32 Å². The number of nitrogens with zero attached hydrogens (tertiary/aromatic N) is 3. The number of carbonyl (C=O) groups excluding carboxylic acids is 1. The summed E-state index contributed by atoms with van der Waals surface area (Å²) < 4.78 is 2.04. The van der Waals surface area contributed by atoms with E-state index in [-0.39, 0.29) is 11.8 Å². The van der Waals surface area contributed by atoms with Crippen LogP contribution >= 0.6 is 0 Å². The molecular weight excluding hydrogens is 312 g/mol. The minimum absolute atomic E-state index is 0.163. The molecule has 1 amide bonds. The van der Waals surface area contributed by atoms with Crippen LogP contribution in [0.5, 0.6) is 0 Å². The quantitative estimate of drug-likeness (QED) is 0.879. The van der Waals surface area contributed by atoms with E-state index in [1.165, 1.54) is 5.56 Å². The second kappa shape index (κ2) is 8.30. The molecule has 1 saturated heterocycles. The van der Waals surface area contributed by atoms with E-state index in [0.717, 1.165) is 38.0 Å².